The molecule has 7 heteroatoms. The van der Waals surface area contributed by atoms with E-state index in [2.05, 4.69) is 14.9 Å². The van der Waals surface area contributed by atoms with Crippen LogP contribution < -0.4 is 0 Å². The van der Waals surface area contributed by atoms with E-state index in [-0.39, 0.29) is 5.91 Å². The molecule has 0 spiro atoms. The smallest absolute Gasteiger partial charge is 0.274 e. The molecule has 7 nitrogen and oxygen atoms in total. The summed E-state index contributed by atoms with van der Waals surface area (Å²) in [6.45, 7) is 4.01. The van der Waals surface area contributed by atoms with Crippen molar-refractivity contribution in [3.63, 3.8) is 0 Å². The first-order valence-corrected chi connectivity index (χ1v) is 7.79. The maximum atomic E-state index is 12.3. The van der Waals surface area contributed by atoms with E-state index >= 15 is 0 Å². The number of carbonyl (C=O) groups is 1. The first-order valence-electron chi connectivity index (χ1n) is 7.79. The lowest BCUT2D eigenvalue weighted by Gasteiger charge is -2.38. The van der Waals surface area contributed by atoms with Gasteiger partial charge in [0.25, 0.3) is 5.91 Å². The molecule has 1 atom stereocenters. The predicted molar refractivity (Wildman–Crippen MR) is 79.4 cm³/mol. The van der Waals surface area contributed by atoms with Crippen LogP contribution in [0.4, 0.5) is 0 Å². The van der Waals surface area contributed by atoms with E-state index in [1.807, 2.05) is 4.90 Å². The second kappa shape index (κ2) is 7.13. The van der Waals surface area contributed by atoms with Crippen molar-refractivity contribution in [2.75, 3.05) is 39.4 Å². The third kappa shape index (κ3) is 3.60. The van der Waals surface area contributed by atoms with E-state index < -0.39 is 6.10 Å². The SMILES string of the molecule is O=C(c1cnccn1)N1CCC(N2CCOC[C@@H](O)C2)CC1. The Balaban J connectivity index is 1.55. The molecule has 2 fully saturated rings. The zero-order chi connectivity index (χ0) is 15.4. The van der Waals surface area contributed by atoms with Gasteiger partial charge in [-0.05, 0) is 12.8 Å². The summed E-state index contributed by atoms with van der Waals surface area (Å²) < 4.78 is 5.37. The maximum absolute atomic E-state index is 12.3. The lowest BCUT2D eigenvalue weighted by molar-refractivity contribution is 0.0463. The molecule has 0 aromatic carbocycles. The number of piperidine rings is 1. The van der Waals surface area contributed by atoms with E-state index in [0.717, 1.165) is 19.4 Å². The Kier molecular flexibility index (Phi) is 4.97. The van der Waals surface area contributed by atoms with Crippen LogP contribution in [0.15, 0.2) is 18.6 Å². The first kappa shape index (κ1) is 15.3. The van der Waals surface area contributed by atoms with Gasteiger partial charge in [-0.3, -0.25) is 14.7 Å². The van der Waals surface area contributed by atoms with Crippen LogP contribution in [0.5, 0.6) is 0 Å². The molecule has 2 aliphatic rings. The van der Waals surface area contributed by atoms with E-state index in [9.17, 15) is 9.90 Å². The van der Waals surface area contributed by atoms with Crippen molar-refractivity contribution in [3.05, 3.63) is 24.3 Å². The molecule has 0 aliphatic carbocycles. The van der Waals surface area contributed by atoms with Gasteiger partial charge in [-0.2, -0.15) is 0 Å². The summed E-state index contributed by atoms with van der Waals surface area (Å²) in [6.07, 6.45) is 6.03. The molecule has 120 valence electrons. The number of amides is 1. The number of likely N-dealkylation sites (tertiary alicyclic amines) is 1. The molecule has 1 N–H and O–H groups in total. The quantitative estimate of drug-likeness (QED) is 0.813. The highest BCUT2D eigenvalue weighted by Crippen LogP contribution is 2.19. The van der Waals surface area contributed by atoms with Gasteiger partial charge in [0.2, 0.25) is 0 Å². The van der Waals surface area contributed by atoms with Crippen LogP contribution in [0.25, 0.3) is 0 Å². The van der Waals surface area contributed by atoms with Crippen molar-refractivity contribution in [1.82, 2.24) is 19.8 Å². The molecule has 2 aliphatic heterocycles. The minimum Gasteiger partial charge on any atom is -0.389 e. The van der Waals surface area contributed by atoms with E-state index in [1.54, 1.807) is 12.4 Å². The van der Waals surface area contributed by atoms with Crippen molar-refractivity contribution >= 4 is 5.91 Å². The van der Waals surface area contributed by atoms with Gasteiger partial charge in [0.1, 0.15) is 5.69 Å². The lowest BCUT2D eigenvalue weighted by Crippen LogP contribution is -2.48. The fraction of sp³-hybridized carbons (Fsp3) is 0.667. The van der Waals surface area contributed by atoms with Crippen LogP contribution >= 0.6 is 0 Å². The highest BCUT2D eigenvalue weighted by molar-refractivity contribution is 5.92. The van der Waals surface area contributed by atoms with Crippen LogP contribution in [-0.2, 0) is 4.74 Å². The second-order valence-electron chi connectivity index (χ2n) is 5.84. The van der Waals surface area contributed by atoms with Gasteiger partial charge in [0.05, 0.1) is 25.5 Å². The van der Waals surface area contributed by atoms with Gasteiger partial charge in [0.15, 0.2) is 0 Å². The Hall–Kier alpha value is -1.57. The summed E-state index contributed by atoms with van der Waals surface area (Å²) in [5.74, 6) is -0.0502. The molecule has 3 heterocycles. The van der Waals surface area contributed by atoms with Gasteiger partial charge in [-0.25, -0.2) is 4.98 Å². The normalized spacial score (nSPS) is 25.0. The molecule has 1 amide bonds. The summed E-state index contributed by atoms with van der Waals surface area (Å²) >= 11 is 0. The molecule has 0 radical (unpaired) electrons. The van der Waals surface area contributed by atoms with E-state index in [0.29, 0.717) is 44.6 Å². The number of β-amino-alcohol motifs (C(OH)–C–C–N with tert-alkyl or cyclic N) is 1. The van der Waals surface area contributed by atoms with Crippen LogP contribution in [-0.4, -0.2) is 82.3 Å². The molecule has 3 rings (SSSR count). The molecule has 0 saturated carbocycles. The van der Waals surface area contributed by atoms with Gasteiger partial charge in [0, 0.05) is 44.6 Å². The van der Waals surface area contributed by atoms with Gasteiger partial charge in [-0.15, -0.1) is 0 Å². The number of aliphatic hydroxyl groups is 1. The van der Waals surface area contributed by atoms with Crippen LogP contribution in [0.3, 0.4) is 0 Å². The van der Waals surface area contributed by atoms with Crippen molar-refractivity contribution < 1.29 is 14.6 Å². The molecule has 1 aromatic rings. The fourth-order valence-electron chi connectivity index (χ4n) is 3.15. The second-order valence-corrected chi connectivity index (χ2v) is 5.84. The fourth-order valence-corrected chi connectivity index (χ4v) is 3.15. The third-order valence-electron chi connectivity index (χ3n) is 4.33. The standard InChI is InChI=1S/C15H22N4O3/c20-13-10-19(7-8-22-11-13)12-1-5-18(6-2-12)15(21)14-9-16-3-4-17-14/h3-4,9,12-13,20H,1-2,5-8,10-11H2/t13-/m0/s1. The zero-order valence-corrected chi connectivity index (χ0v) is 12.6. The van der Waals surface area contributed by atoms with Gasteiger partial charge in [-0.1, -0.05) is 0 Å². The monoisotopic (exact) mass is 306 g/mol. The number of rotatable bonds is 2. The number of ether oxygens (including phenoxy) is 1. The van der Waals surface area contributed by atoms with E-state index in [4.69, 9.17) is 4.74 Å². The van der Waals surface area contributed by atoms with Crippen molar-refractivity contribution in [1.29, 1.82) is 0 Å². The minimum atomic E-state index is -0.415. The summed E-state index contributed by atoms with van der Waals surface area (Å²) in [4.78, 5) is 24.5. The Morgan fingerprint density at radius 1 is 1.27 bits per heavy atom. The Morgan fingerprint density at radius 3 is 2.82 bits per heavy atom. The van der Waals surface area contributed by atoms with Crippen LogP contribution in [0.2, 0.25) is 0 Å². The summed E-state index contributed by atoms with van der Waals surface area (Å²) in [5.41, 5.74) is 0.402. The highest BCUT2D eigenvalue weighted by Gasteiger charge is 2.29. The van der Waals surface area contributed by atoms with Crippen LogP contribution in [0.1, 0.15) is 23.3 Å². The Labute approximate surface area is 129 Å². The van der Waals surface area contributed by atoms with Crippen molar-refractivity contribution in [2.45, 2.75) is 25.0 Å². The summed E-state index contributed by atoms with van der Waals surface area (Å²) in [7, 11) is 0. The first-order chi connectivity index (χ1) is 10.7. The lowest BCUT2D eigenvalue weighted by atomic mass is 10.0. The molecular formula is C15H22N4O3. The molecule has 0 unspecified atom stereocenters. The molecule has 2 saturated heterocycles. The topological polar surface area (TPSA) is 78.8 Å². The number of nitrogens with zero attached hydrogens (tertiary/aromatic N) is 4. The summed E-state index contributed by atoms with van der Waals surface area (Å²) in [5, 5.41) is 9.83. The van der Waals surface area contributed by atoms with Gasteiger partial charge >= 0.3 is 0 Å². The number of hydrogen-bond acceptors (Lipinski definition) is 6. The Morgan fingerprint density at radius 2 is 2.09 bits per heavy atom. The molecule has 22 heavy (non-hydrogen) atoms. The average Bonchev–Trinajstić information content (AvgIpc) is 2.80. The number of carbonyl (C=O) groups excluding carboxylic acids is 1. The Bertz CT molecular complexity index is 491. The zero-order valence-electron chi connectivity index (χ0n) is 12.6. The summed E-state index contributed by atoms with van der Waals surface area (Å²) in [6, 6.07) is 0.405. The molecular weight excluding hydrogens is 284 g/mol. The number of hydrogen-bond donors (Lipinski definition) is 1. The van der Waals surface area contributed by atoms with E-state index in [1.165, 1.54) is 6.20 Å². The molecule has 1 aromatic heterocycles. The van der Waals surface area contributed by atoms with Gasteiger partial charge < -0.3 is 14.7 Å². The van der Waals surface area contributed by atoms with Crippen molar-refractivity contribution in [3.8, 4) is 0 Å². The molecule has 0 bridgehead atoms. The predicted octanol–water partition coefficient (Wildman–Crippen LogP) is -0.226. The van der Waals surface area contributed by atoms with Crippen molar-refractivity contribution in [2.24, 2.45) is 0 Å². The minimum absolute atomic E-state index is 0.0502. The number of aliphatic hydroxyl groups excluding tert-OH is 1. The highest BCUT2D eigenvalue weighted by atomic mass is 16.5. The third-order valence-corrected chi connectivity index (χ3v) is 4.33. The maximum Gasteiger partial charge on any atom is 0.274 e. The van der Waals surface area contributed by atoms with Crippen LogP contribution in [0, 0.1) is 0 Å². The largest absolute Gasteiger partial charge is 0.389 e. The number of aromatic nitrogens is 2. The average molecular weight is 306 g/mol.